The first-order valence-electron chi connectivity index (χ1n) is 4.42. The Labute approximate surface area is 71.6 Å². The molecule has 1 saturated carbocycles. The summed E-state index contributed by atoms with van der Waals surface area (Å²) in [5, 5.41) is 6.95. The Morgan fingerprint density at radius 3 is 2.92 bits per heavy atom. The number of H-pyrrole nitrogens is 1. The standard InChI is InChI=1S/C8H14N4/c1-5(9)8-10-7(11-12-8)4-6-2-3-6/h5-6H,2-4,9H2,1H3,(H,10,11,12). The van der Waals surface area contributed by atoms with E-state index >= 15 is 0 Å². The van der Waals surface area contributed by atoms with E-state index in [1.54, 1.807) is 0 Å². The second-order valence-electron chi connectivity index (χ2n) is 3.58. The van der Waals surface area contributed by atoms with E-state index in [4.69, 9.17) is 5.73 Å². The monoisotopic (exact) mass is 166 g/mol. The Bertz CT molecular complexity index is 262. The SMILES string of the molecule is CC(N)c1n[nH]c(CC2CC2)n1. The highest BCUT2D eigenvalue weighted by atomic mass is 15.2. The van der Waals surface area contributed by atoms with E-state index in [0.29, 0.717) is 0 Å². The van der Waals surface area contributed by atoms with Crippen LogP contribution in [-0.4, -0.2) is 15.2 Å². The first kappa shape index (κ1) is 7.73. The second-order valence-corrected chi connectivity index (χ2v) is 3.58. The summed E-state index contributed by atoms with van der Waals surface area (Å²) in [5.74, 6) is 2.56. The third kappa shape index (κ3) is 1.64. The van der Waals surface area contributed by atoms with Gasteiger partial charge in [0.15, 0.2) is 5.82 Å². The molecule has 1 fully saturated rings. The zero-order chi connectivity index (χ0) is 8.55. The van der Waals surface area contributed by atoms with Gasteiger partial charge in [-0.15, -0.1) is 0 Å². The van der Waals surface area contributed by atoms with Crippen LogP contribution in [0.3, 0.4) is 0 Å². The minimum absolute atomic E-state index is 0.0609. The number of nitrogens with zero attached hydrogens (tertiary/aromatic N) is 2. The van der Waals surface area contributed by atoms with Gasteiger partial charge in [0.25, 0.3) is 0 Å². The molecule has 0 saturated heterocycles. The van der Waals surface area contributed by atoms with Crippen LogP contribution in [0.2, 0.25) is 0 Å². The molecule has 1 aliphatic rings. The van der Waals surface area contributed by atoms with Gasteiger partial charge in [0.1, 0.15) is 5.82 Å². The van der Waals surface area contributed by atoms with E-state index in [1.165, 1.54) is 12.8 Å². The lowest BCUT2D eigenvalue weighted by Crippen LogP contribution is -2.06. The summed E-state index contributed by atoms with van der Waals surface area (Å²) in [4.78, 5) is 4.30. The van der Waals surface area contributed by atoms with Gasteiger partial charge in [0, 0.05) is 6.42 Å². The molecule has 1 aromatic rings. The summed E-state index contributed by atoms with van der Waals surface area (Å²) in [5.41, 5.74) is 5.63. The molecule has 1 unspecified atom stereocenters. The molecule has 1 aliphatic carbocycles. The number of rotatable bonds is 3. The van der Waals surface area contributed by atoms with Crippen molar-refractivity contribution in [3.05, 3.63) is 11.6 Å². The van der Waals surface area contributed by atoms with Crippen molar-refractivity contribution in [3.8, 4) is 0 Å². The Morgan fingerprint density at radius 1 is 1.67 bits per heavy atom. The summed E-state index contributed by atoms with van der Waals surface area (Å²) in [6, 6.07) is -0.0609. The van der Waals surface area contributed by atoms with Crippen LogP contribution < -0.4 is 5.73 Å². The van der Waals surface area contributed by atoms with Crippen LogP contribution in [0.5, 0.6) is 0 Å². The first-order valence-corrected chi connectivity index (χ1v) is 4.42. The molecule has 0 spiro atoms. The summed E-state index contributed by atoms with van der Waals surface area (Å²) >= 11 is 0. The van der Waals surface area contributed by atoms with Crippen LogP contribution in [0.1, 0.15) is 37.5 Å². The minimum Gasteiger partial charge on any atom is -0.321 e. The lowest BCUT2D eigenvalue weighted by molar-refractivity contribution is 0.741. The van der Waals surface area contributed by atoms with Gasteiger partial charge in [0.2, 0.25) is 0 Å². The van der Waals surface area contributed by atoms with E-state index in [2.05, 4.69) is 15.2 Å². The molecule has 0 radical (unpaired) electrons. The first-order chi connectivity index (χ1) is 5.75. The molecule has 0 amide bonds. The fourth-order valence-corrected chi connectivity index (χ4v) is 1.20. The van der Waals surface area contributed by atoms with E-state index in [1.807, 2.05) is 6.92 Å². The van der Waals surface area contributed by atoms with Crippen LogP contribution in [0.4, 0.5) is 0 Å². The molecule has 1 atom stereocenters. The fraction of sp³-hybridized carbons (Fsp3) is 0.750. The predicted octanol–water partition coefficient (Wildman–Crippen LogP) is 0.777. The van der Waals surface area contributed by atoms with Gasteiger partial charge in [-0.1, -0.05) is 0 Å². The molecule has 66 valence electrons. The van der Waals surface area contributed by atoms with Gasteiger partial charge >= 0.3 is 0 Å². The quantitative estimate of drug-likeness (QED) is 0.697. The topological polar surface area (TPSA) is 67.6 Å². The van der Waals surface area contributed by atoms with Gasteiger partial charge in [-0.25, -0.2) is 4.98 Å². The Morgan fingerprint density at radius 2 is 2.42 bits per heavy atom. The van der Waals surface area contributed by atoms with Crippen LogP contribution in [0, 0.1) is 5.92 Å². The normalized spacial score (nSPS) is 19.5. The van der Waals surface area contributed by atoms with Crippen LogP contribution >= 0.6 is 0 Å². The number of nitrogens with two attached hydrogens (primary N) is 1. The maximum absolute atomic E-state index is 5.63. The molecule has 0 aliphatic heterocycles. The highest BCUT2D eigenvalue weighted by molar-refractivity contribution is 4.97. The Balaban J connectivity index is 2.02. The number of nitrogens with one attached hydrogen (secondary N) is 1. The van der Waals surface area contributed by atoms with Crippen molar-refractivity contribution in [2.24, 2.45) is 11.7 Å². The Kier molecular flexibility index (Phi) is 1.84. The van der Waals surface area contributed by atoms with Crippen molar-refractivity contribution < 1.29 is 0 Å². The molecule has 3 N–H and O–H groups in total. The van der Waals surface area contributed by atoms with Crippen molar-refractivity contribution >= 4 is 0 Å². The average Bonchev–Trinajstić information content (AvgIpc) is 2.66. The van der Waals surface area contributed by atoms with E-state index in [-0.39, 0.29) is 6.04 Å². The van der Waals surface area contributed by atoms with Gasteiger partial charge in [-0.2, -0.15) is 5.10 Å². The second kappa shape index (κ2) is 2.86. The maximum atomic E-state index is 5.63. The zero-order valence-electron chi connectivity index (χ0n) is 7.25. The van der Waals surface area contributed by atoms with Gasteiger partial charge < -0.3 is 5.73 Å². The van der Waals surface area contributed by atoms with Crippen LogP contribution in [-0.2, 0) is 6.42 Å². The predicted molar refractivity (Wildman–Crippen MR) is 45.4 cm³/mol. The molecule has 0 bridgehead atoms. The molecular weight excluding hydrogens is 152 g/mol. The molecule has 4 heteroatoms. The minimum atomic E-state index is -0.0609. The molecule has 1 aromatic heterocycles. The van der Waals surface area contributed by atoms with Crippen LogP contribution in [0.15, 0.2) is 0 Å². The lowest BCUT2D eigenvalue weighted by atomic mass is 10.3. The summed E-state index contributed by atoms with van der Waals surface area (Å²) in [6.07, 6.45) is 3.72. The molecule has 1 heterocycles. The van der Waals surface area contributed by atoms with Crippen LogP contribution in [0.25, 0.3) is 0 Å². The van der Waals surface area contributed by atoms with Gasteiger partial charge in [-0.3, -0.25) is 5.10 Å². The van der Waals surface area contributed by atoms with Gasteiger partial charge in [0.05, 0.1) is 6.04 Å². The largest absolute Gasteiger partial charge is 0.321 e. The smallest absolute Gasteiger partial charge is 0.167 e. The fourth-order valence-electron chi connectivity index (χ4n) is 1.20. The highest BCUT2D eigenvalue weighted by Gasteiger charge is 2.23. The Hall–Kier alpha value is -0.900. The summed E-state index contributed by atoms with van der Waals surface area (Å²) < 4.78 is 0. The van der Waals surface area contributed by atoms with Gasteiger partial charge in [-0.05, 0) is 25.7 Å². The molecule has 12 heavy (non-hydrogen) atoms. The number of hydrogen-bond donors (Lipinski definition) is 2. The van der Waals surface area contributed by atoms with Crippen molar-refractivity contribution in [1.29, 1.82) is 0 Å². The maximum Gasteiger partial charge on any atom is 0.167 e. The number of hydrogen-bond acceptors (Lipinski definition) is 3. The average molecular weight is 166 g/mol. The van der Waals surface area contributed by atoms with E-state index in [0.717, 1.165) is 24.0 Å². The number of aromatic amines is 1. The lowest BCUT2D eigenvalue weighted by Gasteiger charge is -1.94. The molecule has 0 aromatic carbocycles. The third-order valence-corrected chi connectivity index (χ3v) is 2.14. The van der Waals surface area contributed by atoms with Crippen molar-refractivity contribution in [3.63, 3.8) is 0 Å². The molecule has 4 nitrogen and oxygen atoms in total. The number of aromatic nitrogens is 3. The highest BCUT2D eigenvalue weighted by Crippen LogP contribution is 2.31. The summed E-state index contributed by atoms with van der Waals surface area (Å²) in [7, 11) is 0. The molecular formula is C8H14N4. The third-order valence-electron chi connectivity index (χ3n) is 2.14. The van der Waals surface area contributed by atoms with E-state index < -0.39 is 0 Å². The van der Waals surface area contributed by atoms with E-state index in [9.17, 15) is 0 Å². The van der Waals surface area contributed by atoms with Crippen molar-refractivity contribution in [2.45, 2.75) is 32.2 Å². The van der Waals surface area contributed by atoms with Crippen molar-refractivity contribution in [1.82, 2.24) is 15.2 Å². The van der Waals surface area contributed by atoms with Crippen molar-refractivity contribution in [2.75, 3.05) is 0 Å². The molecule has 2 rings (SSSR count). The summed E-state index contributed by atoms with van der Waals surface area (Å²) in [6.45, 7) is 1.89. The zero-order valence-corrected chi connectivity index (χ0v) is 7.25.